The number of nitrogens with zero attached hydrogens (tertiary/aromatic N) is 2. The van der Waals surface area contributed by atoms with Crippen LogP contribution in [-0.2, 0) is 6.54 Å². The van der Waals surface area contributed by atoms with Gasteiger partial charge in [0.15, 0.2) is 12.4 Å². The van der Waals surface area contributed by atoms with Gasteiger partial charge < -0.3 is 24.0 Å². The van der Waals surface area contributed by atoms with Gasteiger partial charge in [-0.1, -0.05) is 109 Å². The molecule has 0 aliphatic rings. The standard InChI is InChI=1S/C31H46FN3O.HI/c1-2-3-4-5-6-7-8-9-10-11-12-13-14-15-16-17-24-35-25-22-29(23-26-35)31(36)34-33-27-28-18-20-30(32)21-19-28;/h18-23,25-27H,2-17,24H2,1H3;1H. The molecule has 0 bridgehead atoms. The number of amides is 1. The van der Waals surface area contributed by atoms with Crippen LogP contribution in [0.15, 0.2) is 53.9 Å². The van der Waals surface area contributed by atoms with Gasteiger partial charge in [0.05, 0.1) is 11.8 Å². The van der Waals surface area contributed by atoms with E-state index in [2.05, 4.69) is 22.0 Å². The average Bonchev–Trinajstić information content (AvgIpc) is 2.90. The summed E-state index contributed by atoms with van der Waals surface area (Å²) >= 11 is 0. The number of hydrazone groups is 1. The lowest BCUT2D eigenvalue weighted by molar-refractivity contribution is -0.697. The van der Waals surface area contributed by atoms with Crippen LogP contribution in [0, 0.1) is 5.82 Å². The van der Waals surface area contributed by atoms with Crippen LogP contribution in [0.1, 0.15) is 126 Å². The van der Waals surface area contributed by atoms with E-state index in [4.69, 9.17) is 0 Å². The molecule has 0 aliphatic heterocycles. The Labute approximate surface area is 241 Å². The molecule has 1 amide bonds. The number of carbonyl (C=O) groups is 1. The number of aryl methyl sites for hydroxylation is 1. The molecule has 0 spiro atoms. The van der Waals surface area contributed by atoms with Gasteiger partial charge in [-0.25, -0.2) is 14.4 Å². The molecule has 1 N–H and O–H groups in total. The van der Waals surface area contributed by atoms with Crippen LogP contribution in [0.25, 0.3) is 0 Å². The molecule has 0 saturated carbocycles. The lowest BCUT2D eigenvalue weighted by atomic mass is 10.0. The third-order valence-electron chi connectivity index (χ3n) is 6.67. The molecule has 206 valence electrons. The molecule has 0 unspecified atom stereocenters. The smallest absolute Gasteiger partial charge is 0.271 e. The number of pyridine rings is 1. The molecular formula is C31H47FIN3O. The summed E-state index contributed by atoms with van der Waals surface area (Å²) in [7, 11) is 0. The van der Waals surface area contributed by atoms with Crippen molar-refractivity contribution < 1.29 is 37.7 Å². The quantitative estimate of drug-likeness (QED) is 0.0718. The maximum absolute atomic E-state index is 12.9. The third kappa shape index (κ3) is 16.6. The number of benzene rings is 1. The molecule has 37 heavy (non-hydrogen) atoms. The van der Waals surface area contributed by atoms with Crippen LogP contribution in [0.4, 0.5) is 4.39 Å². The monoisotopic (exact) mass is 623 g/mol. The molecule has 0 aliphatic carbocycles. The fourth-order valence-electron chi connectivity index (χ4n) is 4.38. The first-order chi connectivity index (χ1) is 17.7. The van der Waals surface area contributed by atoms with Crippen molar-refractivity contribution in [3.8, 4) is 0 Å². The summed E-state index contributed by atoms with van der Waals surface area (Å²) in [6.07, 6.45) is 27.4. The molecule has 4 nitrogen and oxygen atoms in total. The van der Waals surface area contributed by atoms with E-state index in [0.717, 1.165) is 18.5 Å². The lowest BCUT2D eigenvalue weighted by Crippen LogP contribution is -3.00. The Kier molecular flexibility index (Phi) is 19.9. The summed E-state index contributed by atoms with van der Waals surface area (Å²) in [5.74, 6) is -0.559. The van der Waals surface area contributed by atoms with Crippen molar-refractivity contribution in [1.82, 2.24) is 5.43 Å². The highest BCUT2D eigenvalue weighted by atomic mass is 127. The van der Waals surface area contributed by atoms with E-state index in [-0.39, 0.29) is 35.7 Å². The van der Waals surface area contributed by atoms with E-state index >= 15 is 0 Å². The zero-order chi connectivity index (χ0) is 25.7. The van der Waals surface area contributed by atoms with E-state index in [9.17, 15) is 9.18 Å². The lowest BCUT2D eigenvalue weighted by Gasteiger charge is -2.03. The molecular weight excluding hydrogens is 576 g/mol. The fourth-order valence-corrected chi connectivity index (χ4v) is 4.38. The van der Waals surface area contributed by atoms with Crippen LogP contribution in [0.5, 0.6) is 0 Å². The first-order valence-electron chi connectivity index (χ1n) is 14.3. The Bertz CT molecular complexity index is 856. The predicted molar refractivity (Wildman–Crippen MR) is 148 cm³/mol. The second kappa shape index (κ2) is 22.2. The molecule has 0 fully saturated rings. The highest BCUT2D eigenvalue weighted by Gasteiger charge is 2.07. The van der Waals surface area contributed by atoms with Gasteiger partial charge in [-0.3, -0.25) is 4.79 Å². The molecule has 0 radical (unpaired) electrons. The molecule has 2 aromatic rings. The Morgan fingerprint density at radius 2 is 1.22 bits per heavy atom. The van der Waals surface area contributed by atoms with Crippen LogP contribution < -0.4 is 34.0 Å². The number of unbranched alkanes of at least 4 members (excludes halogenated alkanes) is 15. The summed E-state index contributed by atoms with van der Waals surface area (Å²) < 4.78 is 15.0. The predicted octanol–water partition coefficient (Wildman–Crippen LogP) is 5.14. The number of nitrogens with one attached hydrogen (secondary N) is 1. The minimum atomic E-state index is -0.298. The first kappa shape index (κ1) is 33.2. The number of aromatic nitrogens is 1. The number of rotatable bonds is 20. The van der Waals surface area contributed by atoms with Crippen molar-refractivity contribution in [2.24, 2.45) is 5.10 Å². The maximum atomic E-state index is 12.9. The summed E-state index contributed by atoms with van der Waals surface area (Å²) in [4.78, 5) is 12.2. The number of hydrogen-bond acceptors (Lipinski definition) is 2. The number of hydrogen-bond donors (Lipinski definition) is 1. The summed E-state index contributed by atoms with van der Waals surface area (Å²) in [5.41, 5.74) is 3.80. The van der Waals surface area contributed by atoms with E-state index < -0.39 is 0 Å². The first-order valence-corrected chi connectivity index (χ1v) is 14.3. The molecule has 2 rings (SSSR count). The van der Waals surface area contributed by atoms with Gasteiger partial charge in [0.1, 0.15) is 12.4 Å². The molecule has 1 heterocycles. The van der Waals surface area contributed by atoms with Crippen molar-refractivity contribution in [3.63, 3.8) is 0 Å². The SMILES string of the molecule is CCCCCCCCCCCCCCCCCC[n+]1ccc(C(=O)NN=Cc2ccc(F)cc2)cc1.[I-]. The summed E-state index contributed by atoms with van der Waals surface area (Å²) in [6.45, 7) is 3.26. The maximum Gasteiger partial charge on any atom is 0.271 e. The van der Waals surface area contributed by atoms with Gasteiger partial charge in [0.2, 0.25) is 0 Å². The van der Waals surface area contributed by atoms with E-state index in [1.165, 1.54) is 115 Å². The number of carbonyl (C=O) groups excluding carboxylic acids is 1. The van der Waals surface area contributed by atoms with E-state index in [0.29, 0.717) is 5.56 Å². The zero-order valence-electron chi connectivity index (χ0n) is 22.8. The van der Waals surface area contributed by atoms with Crippen molar-refractivity contribution in [3.05, 3.63) is 65.7 Å². The van der Waals surface area contributed by atoms with Crippen LogP contribution in [0.2, 0.25) is 0 Å². The molecule has 1 aromatic heterocycles. The minimum absolute atomic E-state index is 0. The molecule has 0 saturated heterocycles. The minimum Gasteiger partial charge on any atom is -1.00 e. The Balaban J connectivity index is 0.00000684. The molecule has 0 atom stereocenters. The van der Waals surface area contributed by atoms with Crippen molar-refractivity contribution in [2.45, 2.75) is 116 Å². The summed E-state index contributed by atoms with van der Waals surface area (Å²) in [5, 5.41) is 3.94. The van der Waals surface area contributed by atoms with Gasteiger partial charge >= 0.3 is 0 Å². The van der Waals surface area contributed by atoms with Crippen molar-refractivity contribution in [1.29, 1.82) is 0 Å². The molecule has 6 heteroatoms. The largest absolute Gasteiger partial charge is 1.00 e. The van der Waals surface area contributed by atoms with Gasteiger partial charge in [0, 0.05) is 18.6 Å². The highest BCUT2D eigenvalue weighted by molar-refractivity contribution is 5.94. The van der Waals surface area contributed by atoms with Crippen molar-refractivity contribution >= 4 is 12.1 Å². The topological polar surface area (TPSA) is 45.3 Å². The second-order valence-electron chi connectivity index (χ2n) is 9.88. The molecule has 1 aromatic carbocycles. The average molecular weight is 624 g/mol. The Hall–Kier alpha value is -1.83. The highest BCUT2D eigenvalue weighted by Crippen LogP contribution is 2.13. The van der Waals surface area contributed by atoms with Crippen molar-refractivity contribution in [2.75, 3.05) is 0 Å². The second-order valence-corrected chi connectivity index (χ2v) is 9.88. The van der Waals surface area contributed by atoms with Gasteiger partial charge in [-0.2, -0.15) is 5.10 Å². The van der Waals surface area contributed by atoms with Crippen LogP contribution in [-0.4, -0.2) is 12.1 Å². The van der Waals surface area contributed by atoms with Gasteiger partial charge in [-0.15, -0.1) is 0 Å². The Morgan fingerprint density at radius 1 is 0.757 bits per heavy atom. The number of halogens is 2. The third-order valence-corrected chi connectivity index (χ3v) is 6.67. The fraction of sp³-hybridized carbons (Fsp3) is 0.581. The van der Waals surface area contributed by atoms with Crippen LogP contribution in [0.3, 0.4) is 0 Å². The van der Waals surface area contributed by atoms with Crippen LogP contribution >= 0.6 is 0 Å². The zero-order valence-corrected chi connectivity index (χ0v) is 24.9. The Morgan fingerprint density at radius 3 is 1.70 bits per heavy atom. The normalized spacial score (nSPS) is 11.0. The van der Waals surface area contributed by atoms with E-state index in [1.807, 2.05) is 24.5 Å². The summed E-state index contributed by atoms with van der Waals surface area (Å²) in [6, 6.07) is 9.56. The van der Waals surface area contributed by atoms with E-state index in [1.54, 1.807) is 12.1 Å². The van der Waals surface area contributed by atoms with Gasteiger partial charge in [0.25, 0.3) is 5.91 Å². The van der Waals surface area contributed by atoms with Gasteiger partial charge in [-0.05, 0) is 24.1 Å².